The number of halogens is 1. The SMILES string of the molecule is OC1CSc2nnc(/N=C/c3ccc(Cl)cc3)n2C1. The summed E-state index contributed by atoms with van der Waals surface area (Å²) >= 11 is 7.31. The van der Waals surface area contributed by atoms with Crippen molar-refractivity contribution in [1.82, 2.24) is 14.8 Å². The zero-order chi connectivity index (χ0) is 13.2. The van der Waals surface area contributed by atoms with Crippen LogP contribution in [-0.4, -0.2) is 37.9 Å². The van der Waals surface area contributed by atoms with Gasteiger partial charge >= 0.3 is 0 Å². The van der Waals surface area contributed by atoms with Gasteiger partial charge < -0.3 is 5.11 Å². The maximum Gasteiger partial charge on any atom is 0.251 e. The highest BCUT2D eigenvalue weighted by Crippen LogP contribution is 2.26. The zero-order valence-electron chi connectivity index (χ0n) is 9.90. The van der Waals surface area contributed by atoms with E-state index >= 15 is 0 Å². The third-order valence-corrected chi connectivity index (χ3v) is 4.06. The highest BCUT2D eigenvalue weighted by atomic mass is 35.5. The minimum atomic E-state index is -0.377. The van der Waals surface area contributed by atoms with Gasteiger partial charge in [-0.2, -0.15) is 0 Å². The van der Waals surface area contributed by atoms with Gasteiger partial charge in [0.25, 0.3) is 5.95 Å². The Morgan fingerprint density at radius 2 is 2.16 bits per heavy atom. The van der Waals surface area contributed by atoms with E-state index < -0.39 is 0 Å². The first kappa shape index (κ1) is 12.7. The number of hydrogen-bond donors (Lipinski definition) is 1. The number of rotatable bonds is 2. The zero-order valence-corrected chi connectivity index (χ0v) is 11.5. The average Bonchev–Trinajstić information content (AvgIpc) is 2.80. The van der Waals surface area contributed by atoms with E-state index in [-0.39, 0.29) is 6.10 Å². The summed E-state index contributed by atoms with van der Waals surface area (Å²) in [6.07, 6.45) is 1.33. The van der Waals surface area contributed by atoms with Crippen LogP contribution in [0.2, 0.25) is 5.02 Å². The maximum atomic E-state index is 9.65. The lowest BCUT2D eigenvalue weighted by atomic mass is 10.2. The Morgan fingerprint density at radius 3 is 2.95 bits per heavy atom. The van der Waals surface area contributed by atoms with Crippen LogP contribution in [0.5, 0.6) is 0 Å². The fourth-order valence-corrected chi connectivity index (χ4v) is 2.74. The normalized spacial score (nSPS) is 18.7. The van der Waals surface area contributed by atoms with Gasteiger partial charge in [0.2, 0.25) is 0 Å². The fourth-order valence-electron chi connectivity index (χ4n) is 1.76. The van der Waals surface area contributed by atoms with Crippen LogP contribution < -0.4 is 0 Å². The monoisotopic (exact) mass is 294 g/mol. The summed E-state index contributed by atoms with van der Waals surface area (Å²) in [4.78, 5) is 4.31. The van der Waals surface area contributed by atoms with E-state index in [2.05, 4.69) is 15.2 Å². The Morgan fingerprint density at radius 1 is 1.37 bits per heavy atom. The molecule has 7 heteroatoms. The second kappa shape index (κ2) is 5.32. The van der Waals surface area contributed by atoms with E-state index in [1.54, 1.807) is 6.21 Å². The van der Waals surface area contributed by atoms with Crippen LogP contribution in [0.3, 0.4) is 0 Å². The van der Waals surface area contributed by atoms with E-state index in [9.17, 15) is 5.11 Å². The lowest BCUT2D eigenvalue weighted by Crippen LogP contribution is -2.23. The Hall–Kier alpha value is -1.37. The van der Waals surface area contributed by atoms with Crippen LogP contribution in [0, 0.1) is 0 Å². The van der Waals surface area contributed by atoms with Crippen LogP contribution in [0.15, 0.2) is 34.4 Å². The molecule has 19 heavy (non-hydrogen) atoms. The molecule has 0 bridgehead atoms. The summed E-state index contributed by atoms with van der Waals surface area (Å²) in [6.45, 7) is 0.489. The minimum absolute atomic E-state index is 0.377. The topological polar surface area (TPSA) is 63.3 Å². The van der Waals surface area contributed by atoms with E-state index in [0.29, 0.717) is 23.3 Å². The summed E-state index contributed by atoms with van der Waals surface area (Å²) in [5.41, 5.74) is 0.936. The lowest BCUT2D eigenvalue weighted by Gasteiger charge is -2.17. The number of hydrogen-bond acceptors (Lipinski definition) is 5. The largest absolute Gasteiger partial charge is 0.390 e. The molecule has 1 atom stereocenters. The van der Waals surface area contributed by atoms with Crippen molar-refractivity contribution in [2.24, 2.45) is 4.99 Å². The summed E-state index contributed by atoms with van der Waals surface area (Å²) in [5.74, 6) is 1.16. The van der Waals surface area contributed by atoms with Gasteiger partial charge in [0.15, 0.2) is 5.16 Å². The molecule has 0 saturated heterocycles. The summed E-state index contributed by atoms with van der Waals surface area (Å²) in [6, 6.07) is 7.37. The Bertz CT molecular complexity index is 611. The van der Waals surface area contributed by atoms with Gasteiger partial charge in [-0.3, -0.25) is 4.57 Å². The second-order valence-electron chi connectivity index (χ2n) is 4.17. The molecule has 0 amide bonds. The number of benzene rings is 1. The summed E-state index contributed by atoms with van der Waals surface area (Å²) in [7, 11) is 0. The van der Waals surface area contributed by atoms with Gasteiger partial charge in [0.1, 0.15) is 0 Å². The van der Waals surface area contributed by atoms with Crippen LogP contribution in [0.1, 0.15) is 5.56 Å². The van der Waals surface area contributed by atoms with E-state index in [4.69, 9.17) is 11.6 Å². The van der Waals surface area contributed by atoms with Crippen molar-refractivity contribution >= 4 is 35.5 Å². The van der Waals surface area contributed by atoms with Crippen molar-refractivity contribution in [3.63, 3.8) is 0 Å². The first-order valence-corrected chi connectivity index (χ1v) is 7.12. The highest BCUT2D eigenvalue weighted by molar-refractivity contribution is 7.99. The number of aliphatic imine (C=N–C) groups is 1. The molecule has 3 rings (SSSR count). The lowest BCUT2D eigenvalue weighted by molar-refractivity contribution is 0.171. The number of fused-ring (bicyclic) bond motifs is 1. The third kappa shape index (κ3) is 2.80. The van der Waals surface area contributed by atoms with Crippen molar-refractivity contribution in [3.05, 3.63) is 34.9 Å². The van der Waals surface area contributed by atoms with Gasteiger partial charge in [-0.25, -0.2) is 4.99 Å². The van der Waals surface area contributed by atoms with E-state index in [1.165, 1.54) is 11.8 Å². The fraction of sp³-hybridized carbons (Fsp3) is 0.250. The van der Waals surface area contributed by atoms with Crippen molar-refractivity contribution in [3.8, 4) is 0 Å². The quantitative estimate of drug-likeness (QED) is 0.862. The predicted molar refractivity (Wildman–Crippen MR) is 75.5 cm³/mol. The van der Waals surface area contributed by atoms with Gasteiger partial charge in [0.05, 0.1) is 12.6 Å². The Labute approximate surface area is 119 Å². The minimum Gasteiger partial charge on any atom is -0.390 e. The predicted octanol–water partition coefficient (Wildman–Crippen LogP) is 2.15. The molecule has 1 aromatic carbocycles. The van der Waals surface area contributed by atoms with Crippen molar-refractivity contribution in [2.45, 2.75) is 17.8 Å². The molecular weight excluding hydrogens is 284 g/mol. The Kier molecular flexibility index (Phi) is 3.54. The number of thioether (sulfide) groups is 1. The van der Waals surface area contributed by atoms with Crippen LogP contribution in [0.25, 0.3) is 0 Å². The third-order valence-electron chi connectivity index (χ3n) is 2.69. The molecule has 1 aliphatic rings. The molecule has 2 heterocycles. The molecule has 0 saturated carbocycles. The Balaban J connectivity index is 1.84. The molecule has 0 aliphatic carbocycles. The first-order chi connectivity index (χ1) is 9.22. The van der Waals surface area contributed by atoms with Crippen LogP contribution >= 0.6 is 23.4 Å². The molecule has 1 N–H and O–H groups in total. The van der Waals surface area contributed by atoms with Gasteiger partial charge in [-0.1, -0.05) is 35.5 Å². The van der Waals surface area contributed by atoms with Crippen molar-refractivity contribution in [2.75, 3.05) is 5.75 Å². The molecule has 5 nitrogen and oxygen atoms in total. The first-order valence-electron chi connectivity index (χ1n) is 5.76. The molecule has 1 aliphatic heterocycles. The standard InChI is InChI=1S/C12H11ClN4OS/c13-9-3-1-8(2-4-9)5-14-11-15-16-12-17(11)6-10(18)7-19-12/h1-5,10,18H,6-7H2/b14-5+. The summed E-state index contributed by atoms with van der Waals surface area (Å²) < 4.78 is 1.82. The number of aliphatic hydroxyl groups excluding tert-OH is 1. The van der Waals surface area contributed by atoms with E-state index in [1.807, 2.05) is 28.8 Å². The van der Waals surface area contributed by atoms with Crippen LogP contribution in [0.4, 0.5) is 5.95 Å². The smallest absolute Gasteiger partial charge is 0.251 e. The van der Waals surface area contributed by atoms with Crippen molar-refractivity contribution in [1.29, 1.82) is 0 Å². The van der Waals surface area contributed by atoms with Crippen molar-refractivity contribution < 1.29 is 5.11 Å². The summed E-state index contributed by atoms with van der Waals surface area (Å²) in [5, 5.41) is 19.2. The molecule has 2 aromatic rings. The molecule has 1 unspecified atom stereocenters. The van der Waals surface area contributed by atoms with Gasteiger partial charge in [-0.05, 0) is 17.7 Å². The van der Waals surface area contributed by atoms with Gasteiger partial charge in [-0.15, -0.1) is 10.2 Å². The maximum absolute atomic E-state index is 9.65. The molecule has 0 radical (unpaired) electrons. The second-order valence-corrected chi connectivity index (χ2v) is 5.59. The average molecular weight is 295 g/mol. The molecule has 0 spiro atoms. The van der Waals surface area contributed by atoms with Crippen LogP contribution in [-0.2, 0) is 6.54 Å². The van der Waals surface area contributed by atoms with E-state index in [0.717, 1.165) is 10.7 Å². The van der Waals surface area contributed by atoms with Gasteiger partial charge in [0, 0.05) is 17.0 Å². The molecule has 98 valence electrons. The molecule has 0 fully saturated rings. The molecular formula is C12H11ClN4OS. The number of aliphatic hydroxyl groups is 1. The number of nitrogens with zero attached hydrogens (tertiary/aromatic N) is 4. The number of aromatic nitrogens is 3. The molecule has 1 aromatic heterocycles. The highest BCUT2D eigenvalue weighted by Gasteiger charge is 2.21.